The van der Waals surface area contributed by atoms with E-state index < -0.39 is 0 Å². The number of aryl methyl sites for hydroxylation is 1. The van der Waals surface area contributed by atoms with Gasteiger partial charge >= 0.3 is 0 Å². The fourth-order valence-corrected chi connectivity index (χ4v) is 3.91. The molecule has 0 unspecified atom stereocenters. The summed E-state index contributed by atoms with van der Waals surface area (Å²) in [6.07, 6.45) is 0. The van der Waals surface area contributed by atoms with E-state index in [4.69, 9.17) is 14.0 Å². The predicted octanol–water partition coefficient (Wildman–Crippen LogP) is 4.28. The number of ether oxygens (including phenoxy) is 2. The highest BCUT2D eigenvalue weighted by molar-refractivity contribution is 7.98. The molecule has 144 valence electrons. The SMILES string of the molecule is Cc1cc(CSc2ccccc2C(=O)N(C)Cc2ccc3c(c2)OCO3)on1. The van der Waals surface area contributed by atoms with Gasteiger partial charge in [-0.2, -0.15) is 0 Å². The number of hydrogen-bond donors (Lipinski definition) is 0. The molecule has 28 heavy (non-hydrogen) atoms. The summed E-state index contributed by atoms with van der Waals surface area (Å²) in [4.78, 5) is 15.7. The van der Waals surface area contributed by atoms with E-state index in [1.54, 1.807) is 23.7 Å². The van der Waals surface area contributed by atoms with E-state index in [0.29, 0.717) is 17.9 Å². The lowest BCUT2D eigenvalue weighted by molar-refractivity contribution is 0.0781. The summed E-state index contributed by atoms with van der Waals surface area (Å²) in [5.74, 6) is 2.84. The first-order valence-electron chi connectivity index (χ1n) is 8.88. The summed E-state index contributed by atoms with van der Waals surface area (Å²) in [6, 6.07) is 15.3. The van der Waals surface area contributed by atoms with Crippen LogP contribution in [-0.4, -0.2) is 29.8 Å². The van der Waals surface area contributed by atoms with Gasteiger partial charge in [0.2, 0.25) is 6.79 Å². The quantitative estimate of drug-likeness (QED) is 0.580. The van der Waals surface area contributed by atoms with Gasteiger partial charge in [0, 0.05) is 24.6 Å². The topological polar surface area (TPSA) is 64.8 Å². The van der Waals surface area contributed by atoms with Gasteiger partial charge in [0.05, 0.1) is 17.0 Å². The third kappa shape index (κ3) is 3.99. The molecule has 0 saturated carbocycles. The first-order chi connectivity index (χ1) is 13.6. The van der Waals surface area contributed by atoms with E-state index in [1.807, 2.05) is 55.5 Å². The molecular formula is C21H20N2O4S. The van der Waals surface area contributed by atoms with Crippen LogP contribution in [0.2, 0.25) is 0 Å². The Morgan fingerprint density at radius 1 is 1.14 bits per heavy atom. The number of thioether (sulfide) groups is 1. The van der Waals surface area contributed by atoms with Crippen molar-refractivity contribution < 1.29 is 18.8 Å². The van der Waals surface area contributed by atoms with Crippen LogP contribution in [0.25, 0.3) is 0 Å². The van der Waals surface area contributed by atoms with E-state index in [-0.39, 0.29) is 12.7 Å². The van der Waals surface area contributed by atoms with Gasteiger partial charge in [-0.15, -0.1) is 11.8 Å². The van der Waals surface area contributed by atoms with Crippen LogP contribution >= 0.6 is 11.8 Å². The number of hydrogen-bond acceptors (Lipinski definition) is 6. The Morgan fingerprint density at radius 2 is 1.96 bits per heavy atom. The minimum Gasteiger partial charge on any atom is -0.454 e. The summed E-state index contributed by atoms with van der Waals surface area (Å²) >= 11 is 1.56. The fraction of sp³-hybridized carbons (Fsp3) is 0.238. The molecule has 0 spiro atoms. The monoisotopic (exact) mass is 396 g/mol. The first-order valence-corrected chi connectivity index (χ1v) is 9.87. The van der Waals surface area contributed by atoms with Crippen molar-refractivity contribution in [2.24, 2.45) is 0 Å². The van der Waals surface area contributed by atoms with Crippen molar-refractivity contribution >= 4 is 17.7 Å². The van der Waals surface area contributed by atoms with Crippen LogP contribution in [0.4, 0.5) is 0 Å². The Kier molecular flexibility index (Phi) is 5.25. The van der Waals surface area contributed by atoms with Gasteiger partial charge < -0.3 is 18.9 Å². The number of nitrogens with zero attached hydrogens (tertiary/aromatic N) is 2. The van der Waals surface area contributed by atoms with Gasteiger partial charge in [0.1, 0.15) is 5.76 Å². The second-order valence-corrected chi connectivity index (χ2v) is 7.59. The Balaban J connectivity index is 1.46. The lowest BCUT2D eigenvalue weighted by atomic mass is 10.1. The maximum Gasteiger partial charge on any atom is 0.255 e. The van der Waals surface area contributed by atoms with Crippen LogP contribution < -0.4 is 9.47 Å². The molecule has 6 nitrogen and oxygen atoms in total. The largest absolute Gasteiger partial charge is 0.454 e. The van der Waals surface area contributed by atoms with E-state index in [2.05, 4.69) is 5.16 Å². The molecule has 0 saturated heterocycles. The molecule has 0 aliphatic carbocycles. The van der Waals surface area contributed by atoms with E-state index in [9.17, 15) is 4.79 Å². The Bertz CT molecular complexity index is 1000. The zero-order valence-electron chi connectivity index (χ0n) is 15.7. The third-order valence-electron chi connectivity index (χ3n) is 4.37. The van der Waals surface area contributed by atoms with Crippen molar-refractivity contribution in [1.29, 1.82) is 0 Å². The van der Waals surface area contributed by atoms with Crippen molar-refractivity contribution in [3.63, 3.8) is 0 Å². The van der Waals surface area contributed by atoms with E-state index in [0.717, 1.165) is 33.4 Å². The van der Waals surface area contributed by atoms with Crippen LogP contribution in [0, 0.1) is 6.92 Å². The molecule has 1 aromatic heterocycles. The van der Waals surface area contributed by atoms with Gasteiger partial charge in [-0.25, -0.2) is 0 Å². The Morgan fingerprint density at radius 3 is 2.79 bits per heavy atom. The van der Waals surface area contributed by atoms with Crippen molar-refractivity contribution in [2.45, 2.75) is 24.1 Å². The summed E-state index contributed by atoms with van der Waals surface area (Å²) in [5, 5.41) is 3.90. The molecule has 0 radical (unpaired) electrons. The van der Waals surface area contributed by atoms with E-state index in [1.165, 1.54) is 0 Å². The fourth-order valence-electron chi connectivity index (χ4n) is 2.99. The van der Waals surface area contributed by atoms with Crippen molar-refractivity contribution in [3.05, 3.63) is 71.1 Å². The zero-order chi connectivity index (χ0) is 19.5. The highest BCUT2D eigenvalue weighted by atomic mass is 32.2. The summed E-state index contributed by atoms with van der Waals surface area (Å²) in [6.45, 7) is 2.61. The number of carbonyl (C=O) groups excluding carboxylic acids is 1. The second kappa shape index (κ2) is 7.98. The maximum atomic E-state index is 13.0. The number of benzene rings is 2. The second-order valence-electron chi connectivity index (χ2n) is 6.57. The third-order valence-corrected chi connectivity index (χ3v) is 5.46. The molecule has 0 fully saturated rings. The maximum absolute atomic E-state index is 13.0. The highest BCUT2D eigenvalue weighted by Crippen LogP contribution is 2.33. The molecule has 2 heterocycles. The first kappa shape index (κ1) is 18.4. The summed E-state index contributed by atoms with van der Waals surface area (Å²) in [7, 11) is 1.80. The molecule has 0 N–H and O–H groups in total. The Labute approximate surface area is 167 Å². The molecule has 2 aromatic carbocycles. The number of aromatic nitrogens is 1. The molecule has 1 aliphatic rings. The van der Waals surface area contributed by atoms with Crippen LogP contribution in [0.15, 0.2) is 57.9 Å². The van der Waals surface area contributed by atoms with E-state index >= 15 is 0 Å². The van der Waals surface area contributed by atoms with Gasteiger partial charge in [-0.3, -0.25) is 4.79 Å². The molecule has 1 amide bonds. The lowest BCUT2D eigenvalue weighted by Gasteiger charge is -2.19. The standard InChI is InChI=1S/C21H20N2O4S/c1-14-9-16(27-22-14)12-28-20-6-4-3-5-17(20)21(24)23(2)11-15-7-8-18-19(10-15)26-13-25-18/h3-10H,11-13H2,1-2H3. The van der Waals surface area contributed by atoms with Crippen LogP contribution in [-0.2, 0) is 12.3 Å². The van der Waals surface area contributed by atoms with Crippen molar-refractivity contribution in [3.8, 4) is 11.5 Å². The average Bonchev–Trinajstić information content (AvgIpc) is 3.34. The predicted molar refractivity (Wildman–Crippen MR) is 106 cm³/mol. The van der Waals surface area contributed by atoms with Crippen LogP contribution in [0.5, 0.6) is 11.5 Å². The number of fused-ring (bicyclic) bond motifs is 1. The number of rotatable bonds is 6. The molecular weight excluding hydrogens is 376 g/mol. The van der Waals surface area contributed by atoms with Crippen molar-refractivity contribution in [1.82, 2.24) is 10.1 Å². The zero-order valence-corrected chi connectivity index (χ0v) is 16.5. The highest BCUT2D eigenvalue weighted by Gasteiger charge is 2.18. The lowest BCUT2D eigenvalue weighted by Crippen LogP contribution is -2.26. The normalized spacial score (nSPS) is 12.2. The van der Waals surface area contributed by atoms with Crippen molar-refractivity contribution in [2.75, 3.05) is 13.8 Å². The minimum atomic E-state index is -0.0329. The number of amides is 1. The van der Waals surface area contributed by atoms with Crippen LogP contribution in [0.1, 0.15) is 27.4 Å². The smallest absolute Gasteiger partial charge is 0.255 e. The summed E-state index contributed by atoms with van der Waals surface area (Å²) < 4.78 is 16.0. The minimum absolute atomic E-state index is 0.0329. The average molecular weight is 396 g/mol. The van der Waals surface area contributed by atoms with Gasteiger partial charge in [0.25, 0.3) is 5.91 Å². The summed E-state index contributed by atoms with van der Waals surface area (Å²) in [5.41, 5.74) is 2.51. The van der Waals surface area contributed by atoms with Gasteiger partial charge in [0.15, 0.2) is 11.5 Å². The molecule has 4 rings (SSSR count). The molecule has 1 aliphatic heterocycles. The van der Waals surface area contributed by atoms with Crippen LogP contribution in [0.3, 0.4) is 0 Å². The Hall–Kier alpha value is -2.93. The molecule has 7 heteroatoms. The molecule has 3 aromatic rings. The molecule has 0 bridgehead atoms. The molecule has 0 atom stereocenters. The number of carbonyl (C=O) groups is 1. The van der Waals surface area contributed by atoms with Gasteiger partial charge in [-0.1, -0.05) is 23.4 Å². The van der Waals surface area contributed by atoms with Gasteiger partial charge in [-0.05, 0) is 36.8 Å².